The van der Waals surface area contributed by atoms with E-state index in [9.17, 15) is 0 Å². The number of aryl methyl sites for hydroxylation is 2. The van der Waals surface area contributed by atoms with Gasteiger partial charge in [0, 0.05) is 0 Å². The lowest BCUT2D eigenvalue weighted by Gasteiger charge is -2.46. The fraction of sp³-hybridized carbons (Fsp3) is 0.280. The first-order chi connectivity index (χ1) is 12.7. The summed E-state index contributed by atoms with van der Waals surface area (Å²) in [7, 11) is 0. The summed E-state index contributed by atoms with van der Waals surface area (Å²) >= 11 is 0. The SMILES string of the molecule is CCN(CC)C(c1ccccc1)(c1ccccc1C)c1ccccc1C. The molecule has 3 aromatic carbocycles. The fourth-order valence-electron chi connectivity index (χ4n) is 4.31. The molecule has 0 aromatic heterocycles. The van der Waals surface area contributed by atoms with Gasteiger partial charge in [-0.25, -0.2) is 0 Å². The van der Waals surface area contributed by atoms with Crippen LogP contribution in [0.15, 0.2) is 78.9 Å². The van der Waals surface area contributed by atoms with E-state index in [2.05, 4.69) is 111 Å². The summed E-state index contributed by atoms with van der Waals surface area (Å²) in [6.07, 6.45) is 0. The van der Waals surface area contributed by atoms with Gasteiger partial charge in [-0.1, -0.05) is 92.7 Å². The molecule has 0 radical (unpaired) electrons. The molecule has 3 rings (SSSR count). The molecule has 134 valence electrons. The van der Waals surface area contributed by atoms with Crippen LogP contribution < -0.4 is 0 Å². The van der Waals surface area contributed by atoms with Gasteiger partial charge in [0.1, 0.15) is 0 Å². The van der Waals surface area contributed by atoms with Gasteiger partial charge < -0.3 is 0 Å². The molecular formula is C25H29N. The van der Waals surface area contributed by atoms with Gasteiger partial charge in [-0.3, -0.25) is 4.90 Å². The molecule has 0 atom stereocenters. The Hall–Kier alpha value is -2.38. The third kappa shape index (κ3) is 2.97. The molecule has 0 saturated carbocycles. The average molecular weight is 344 g/mol. The van der Waals surface area contributed by atoms with Gasteiger partial charge >= 0.3 is 0 Å². The van der Waals surface area contributed by atoms with Crippen molar-refractivity contribution in [2.24, 2.45) is 0 Å². The highest BCUT2D eigenvalue weighted by Gasteiger charge is 2.42. The van der Waals surface area contributed by atoms with Crippen LogP contribution >= 0.6 is 0 Å². The molecule has 0 fully saturated rings. The Labute approximate surface area is 158 Å². The minimum absolute atomic E-state index is 0.290. The standard InChI is InChI=1S/C25H29N/c1-5-26(6-2)25(22-16-8-7-9-17-22,23-18-12-10-14-20(23)3)24-19-13-11-15-21(24)4/h7-19H,5-6H2,1-4H3. The van der Waals surface area contributed by atoms with E-state index in [0.717, 1.165) is 13.1 Å². The van der Waals surface area contributed by atoms with Crippen LogP contribution in [0.2, 0.25) is 0 Å². The molecular weight excluding hydrogens is 314 g/mol. The second-order valence-corrected chi connectivity index (χ2v) is 6.88. The zero-order valence-corrected chi connectivity index (χ0v) is 16.4. The van der Waals surface area contributed by atoms with E-state index in [1.165, 1.54) is 27.8 Å². The van der Waals surface area contributed by atoms with Crippen molar-refractivity contribution in [1.82, 2.24) is 4.90 Å². The Morgan fingerprint density at radius 1 is 0.615 bits per heavy atom. The number of nitrogens with zero attached hydrogens (tertiary/aromatic N) is 1. The molecule has 0 aliphatic heterocycles. The molecule has 0 saturated heterocycles. The van der Waals surface area contributed by atoms with Gasteiger partial charge in [-0.05, 0) is 54.8 Å². The van der Waals surface area contributed by atoms with Crippen LogP contribution in [0.5, 0.6) is 0 Å². The van der Waals surface area contributed by atoms with Crippen LogP contribution in [-0.4, -0.2) is 18.0 Å². The van der Waals surface area contributed by atoms with Crippen LogP contribution in [0.3, 0.4) is 0 Å². The number of hydrogen-bond donors (Lipinski definition) is 0. The van der Waals surface area contributed by atoms with Gasteiger partial charge in [-0.15, -0.1) is 0 Å². The highest BCUT2D eigenvalue weighted by Crippen LogP contribution is 2.44. The first kappa shape index (κ1) is 18.4. The molecule has 0 aliphatic rings. The van der Waals surface area contributed by atoms with E-state index < -0.39 is 0 Å². The van der Waals surface area contributed by atoms with E-state index in [0.29, 0.717) is 0 Å². The maximum absolute atomic E-state index is 2.59. The number of benzene rings is 3. The largest absolute Gasteiger partial charge is 0.287 e. The second-order valence-electron chi connectivity index (χ2n) is 6.88. The quantitative estimate of drug-likeness (QED) is 0.501. The smallest absolute Gasteiger partial charge is 0.0977 e. The highest BCUT2D eigenvalue weighted by atomic mass is 15.2. The molecule has 0 N–H and O–H groups in total. The average Bonchev–Trinajstić information content (AvgIpc) is 2.68. The van der Waals surface area contributed by atoms with E-state index in [1.807, 2.05) is 0 Å². The van der Waals surface area contributed by atoms with Gasteiger partial charge in [0.2, 0.25) is 0 Å². The lowest BCUT2D eigenvalue weighted by atomic mass is 9.72. The summed E-state index contributed by atoms with van der Waals surface area (Å²) in [5.41, 5.74) is 6.42. The van der Waals surface area contributed by atoms with Crippen LogP contribution in [-0.2, 0) is 5.54 Å². The summed E-state index contributed by atoms with van der Waals surface area (Å²) in [6.45, 7) is 10.9. The van der Waals surface area contributed by atoms with Crippen molar-refractivity contribution in [2.75, 3.05) is 13.1 Å². The molecule has 0 unspecified atom stereocenters. The van der Waals surface area contributed by atoms with Gasteiger partial charge in [0.25, 0.3) is 0 Å². The lowest BCUT2D eigenvalue weighted by Crippen LogP contribution is -2.48. The summed E-state index contributed by atoms with van der Waals surface area (Å²) in [6, 6.07) is 28.6. The Balaban J connectivity index is 2.47. The molecule has 3 aromatic rings. The Bertz CT molecular complexity index is 801. The van der Waals surface area contributed by atoms with Crippen LogP contribution in [0.25, 0.3) is 0 Å². The summed E-state index contributed by atoms with van der Waals surface area (Å²) in [5, 5.41) is 0. The van der Waals surface area contributed by atoms with Crippen molar-refractivity contribution in [3.8, 4) is 0 Å². The van der Waals surface area contributed by atoms with E-state index in [4.69, 9.17) is 0 Å². The summed E-state index contributed by atoms with van der Waals surface area (Å²) in [4.78, 5) is 2.59. The molecule has 0 amide bonds. The number of rotatable bonds is 6. The predicted molar refractivity (Wildman–Crippen MR) is 112 cm³/mol. The van der Waals surface area contributed by atoms with E-state index >= 15 is 0 Å². The third-order valence-corrected chi connectivity index (χ3v) is 5.50. The second kappa shape index (κ2) is 7.88. The predicted octanol–water partition coefficient (Wildman–Crippen LogP) is 5.94. The Kier molecular flexibility index (Phi) is 5.58. The van der Waals surface area contributed by atoms with Crippen LogP contribution in [0.4, 0.5) is 0 Å². The first-order valence-corrected chi connectivity index (χ1v) is 9.59. The minimum Gasteiger partial charge on any atom is -0.287 e. The van der Waals surface area contributed by atoms with Crippen molar-refractivity contribution in [1.29, 1.82) is 0 Å². The zero-order valence-electron chi connectivity index (χ0n) is 16.4. The van der Waals surface area contributed by atoms with E-state index in [-0.39, 0.29) is 5.54 Å². The van der Waals surface area contributed by atoms with Crippen molar-refractivity contribution in [2.45, 2.75) is 33.2 Å². The van der Waals surface area contributed by atoms with Crippen molar-refractivity contribution in [3.63, 3.8) is 0 Å². The van der Waals surface area contributed by atoms with Crippen molar-refractivity contribution in [3.05, 3.63) is 107 Å². The van der Waals surface area contributed by atoms with Crippen molar-refractivity contribution < 1.29 is 0 Å². The van der Waals surface area contributed by atoms with Gasteiger partial charge in [0.15, 0.2) is 0 Å². The van der Waals surface area contributed by atoms with E-state index in [1.54, 1.807) is 0 Å². The minimum atomic E-state index is -0.290. The normalized spacial score (nSPS) is 11.7. The highest BCUT2D eigenvalue weighted by molar-refractivity contribution is 5.54. The first-order valence-electron chi connectivity index (χ1n) is 9.59. The molecule has 0 heterocycles. The van der Waals surface area contributed by atoms with Crippen molar-refractivity contribution >= 4 is 0 Å². The maximum Gasteiger partial charge on any atom is 0.0977 e. The van der Waals surface area contributed by atoms with Gasteiger partial charge in [0.05, 0.1) is 5.54 Å². The maximum atomic E-state index is 2.59. The monoisotopic (exact) mass is 343 g/mol. The zero-order chi connectivity index (χ0) is 18.6. The molecule has 0 bridgehead atoms. The van der Waals surface area contributed by atoms with Crippen LogP contribution in [0, 0.1) is 13.8 Å². The number of hydrogen-bond acceptors (Lipinski definition) is 1. The summed E-state index contributed by atoms with van der Waals surface area (Å²) in [5.74, 6) is 0. The molecule has 1 heteroatoms. The molecule has 0 spiro atoms. The van der Waals surface area contributed by atoms with Crippen LogP contribution in [0.1, 0.15) is 41.7 Å². The van der Waals surface area contributed by atoms with Gasteiger partial charge in [-0.2, -0.15) is 0 Å². The molecule has 0 aliphatic carbocycles. The summed E-state index contributed by atoms with van der Waals surface area (Å²) < 4.78 is 0. The Morgan fingerprint density at radius 3 is 1.46 bits per heavy atom. The molecule has 1 nitrogen and oxygen atoms in total. The lowest BCUT2D eigenvalue weighted by molar-refractivity contribution is 0.174. The topological polar surface area (TPSA) is 3.24 Å². The third-order valence-electron chi connectivity index (χ3n) is 5.50. The Morgan fingerprint density at radius 2 is 1.04 bits per heavy atom. The fourth-order valence-corrected chi connectivity index (χ4v) is 4.31. The molecule has 26 heavy (non-hydrogen) atoms.